The van der Waals surface area contributed by atoms with Crippen LogP contribution in [-0.2, 0) is 12.8 Å². The normalized spacial score (nSPS) is 10.8. The fourth-order valence-corrected chi connectivity index (χ4v) is 5.56. The van der Waals surface area contributed by atoms with Crippen LogP contribution in [-0.4, -0.2) is 14.5 Å². The number of pyridine rings is 2. The zero-order valence-corrected chi connectivity index (χ0v) is 24.7. The maximum Gasteiger partial charge on any atom is 0.0572 e. The summed E-state index contributed by atoms with van der Waals surface area (Å²) in [6.45, 7) is 7.38. The van der Waals surface area contributed by atoms with E-state index in [1.54, 1.807) is 6.08 Å². The summed E-state index contributed by atoms with van der Waals surface area (Å²) >= 11 is 0. The number of hydrogen-bond acceptors (Lipinski definition) is 2. The van der Waals surface area contributed by atoms with Crippen molar-refractivity contribution in [1.82, 2.24) is 14.5 Å². The van der Waals surface area contributed by atoms with Crippen molar-refractivity contribution < 1.29 is 0 Å². The number of benzene rings is 4. The third kappa shape index (κ3) is 6.17. The summed E-state index contributed by atoms with van der Waals surface area (Å²) < 4.78 is 2.29. The summed E-state index contributed by atoms with van der Waals surface area (Å²) in [7, 11) is 0. The monoisotopic (exact) mass is 557 g/mol. The van der Waals surface area contributed by atoms with Crippen LogP contribution in [0.2, 0.25) is 0 Å². The molecule has 0 saturated heterocycles. The summed E-state index contributed by atoms with van der Waals surface area (Å²) in [6, 6.07) is 39.7. The standard InChI is InChI=1S/C37H29N3.C3H6/c1-26-2-4-27(5-3-26)22-28-6-12-31(13-7-28)32-14-8-29(9-15-32)23-30-10-16-33(17-11-30)40-36-18-20-38-24-34(36)35-25-39-21-19-37(35)40;1-3-2/h2-21,24-25H,22-23H2,1H3;3H,1H2,2H3. The van der Waals surface area contributed by atoms with Crippen molar-refractivity contribution in [2.24, 2.45) is 0 Å². The van der Waals surface area contributed by atoms with Gasteiger partial charge in [0.25, 0.3) is 0 Å². The van der Waals surface area contributed by atoms with E-state index in [9.17, 15) is 0 Å². The maximum absolute atomic E-state index is 4.34. The lowest BCUT2D eigenvalue weighted by Crippen LogP contribution is -1.95. The highest BCUT2D eigenvalue weighted by atomic mass is 15.0. The van der Waals surface area contributed by atoms with E-state index in [-0.39, 0.29) is 0 Å². The van der Waals surface area contributed by atoms with E-state index >= 15 is 0 Å². The Morgan fingerprint density at radius 2 is 0.930 bits per heavy atom. The van der Waals surface area contributed by atoms with Gasteiger partial charge in [-0.25, -0.2) is 0 Å². The molecular formula is C40H35N3. The fourth-order valence-electron chi connectivity index (χ4n) is 5.56. The Bertz CT molecular complexity index is 1910. The largest absolute Gasteiger partial charge is 0.309 e. The van der Waals surface area contributed by atoms with Crippen molar-refractivity contribution in [2.75, 3.05) is 0 Å². The van der Waals surface area contributed by atoms with Crippen molar-refractivity contribution in [3.05, 3.63) is 174 Å². The molecular weight excluding hydrogens is 522 g/mol. The predicted octanol–water partition coefficient (Wildman–Crippen LogP) is 9.92. The first-order valence-electron chi connectivity index (χ1n) is 14.7. The van der Waals surface area contributed by atoms with Crippen LogP contribution in [0.1, 0.15) is 34.7 Å². The minimum Gasteiger partial charge on any atom is -0.309 e. The van der Waals surface area contributed by atoms with Crippen molar-refractivity contribution in [2.45, 2.75) is 26.7 Å². The molecule has 0 atom stereocenters. The molecule has 3 heterocycles. The average molecular weight is 558 g/mol. The van der Waals surface area contributed by atoms with Gasteiger partial charge in [-0.1, -0.05) is 96.6 Å². The van der Waals surface area contributed by atoms with Crippen molar-refractivity contribution in [1.29, 1.82) is 0 Å². The van der Waals surface area contributed by atoms with Gasteiger partial charge in [0.05, 0.1) is 11.0 Å². The Labute approximate surface area is 253 Å². The average Bonchev–Trinajstić information content (AvgIpc) is 3.38. The molecule has 0 amide bonds. The van der Waals surface area contributed by atoms with Crippen molar-refractivity contribution in [3.63, 3.8) is 0 Å². The zero-order chi connectivity index (χ0) is 29.6. The summed E-state index contributed by atoms with van der Waals surface area (Å²) in [6.07, 6.45) is 11.2. The number of rotatable bonds is 6. The van der Waals surface area contributed by atoms with Gasteiger partial charge < -0.3 is 4.57 Å². The summed E-state index contributed by atoms with van der Waals surface area (Å²) in [5, 5.41) is 2.24. The van der Waals surface area contributed by atoms with Gasteiger partial charge in [-0.05, 0) is 84.3 Å². The minimum absolute atomic E-state index is 0.900. The Kier molecular flexibility index (Phi) is 8.24. The summed E-state index contributed by atoms with van der Waals surface area (Å²) in [4.78, 5) is 8.67. The summed E-state index contributed by atoms with van der Waals surface area (Å²) in [5.41, 5.74) is 12.5. The second kappa shape index (κ2) is 12.7. The molecule has 3 heteroatoms. The van der Waals surface area contributed by atoms with Gasteiger partial charge in [-0.2, -0.15) is 0 Å². The Hall–Kier alpha value is -5.28. The van der Waals surface area contributed by atoms with Gasteiger partial charge >= 0.3 is 0 Å². The van der Waals surface area contributed by atoms with E-state index in [4.69, 9.17) is 0 Å². The van der Waals surface area contributed by atoms with Crippen LogP contribution in [0.25, 0.3) is 38.6 Å². The van der Waals surface area contributed by atoms with Gasteiger partial charge in [-0.3, -0.25) is 9.97 Å². The molecule has 0 N–H and O–H groups in total. The van der Waals surface area contributed by atoms with E-state index in [0.717, 1.165) is 40.3 Å². The molecule has 0 bridgehead atoms. The molecule has 7 rings (SSSR count). The highest BCUT2D eigenvalue weighted by Gasteiger charge is 2.12. The van der Waals surface area contributed by atoms with Crippen molar-refractivity contribution >= 4 is 21.8 Å². The highest BCUT2D eigenvalue weighted by molar-refractivity contribution is 6.08. The first-order valence-corrected chi connectivity index (χ1v) is 14.7. The predicted molar refractivity (Wildman–Crippen MR) is 181 cm³/mol. The molecule has 0 saturated carbocycles. The molecule has 4 aromatic carbocycles. The summed E-state index contributed by atoms with van der Waals surface area (Å²) in [5.74, 6) is 0. The maximum atomic E-state index is 4.34. The number of hydrogen-bond donors (Lipinski definition) is 0. The third-order valence-corrected chi connectivity index (χ3v) is 7.74. The van der Waals surface area contributed by atoms with Gasteiger partial charge in [0.2, 0.25) is 0 Å². The van der Waals surface area contributed by atoms with E-state index in [1.807, 2.05) is 31.7 Å². The number of aryl methyl sites for hydroxylation is 1. The molecule has 0 fully saturated rings. The minimum atomic E-state index is 0.900. The van der Waals surface area contributed by atoms with Crippen LogP contribution in [0, 0.1) is 6.92 Å². The Morgan fingerprint density at radius 1 is 0.558 bits per heavy atom. The third-order valence-electron chi connectivity index (χ3n) is 7.74. The molecule has 210 valence electrons. The molecule has 0 radical (unpaired) electrons. The molecule has 43 heavy (non-hydrogen) atoms. The fraction of sp³-hybridized carbons (Fsp3) is 0.100. The van der Waals surface area contributed by atoms with Crippen LogP contribution in [0.3, 0.4) is 0 Å². The number of fused-ring (bicyclic) bond motifs is 3. The van der Waals surface area contributed by atoms with Crippen LogP contribution in [0.5, 0.6) is 0 Å². The van der Waals surface area contributed by atoms with Crippen LogP contribution >= 0.6 is 0 Å². The van der Waals surface area contributed by atoms with E-state index in [2.05, 4.69) is 137 Å². The molecule has 0 aliphatic heterocycles. The van der Waals surface area contributed by atoms with E-state index in [1.165, 1.54) is 38.9 Å². The number of aromatic nitrogens is 3. The lowest BCUT2D eigenvalue weighted by Gasteiger charge is -2.10. The second-order valence-corrected chi connectivity index (χ2v) is 10.9. The molecule has 3 aromatic heterocycles. The topological polar surface area (TPSA) is 30.7 Å². The SMILES string of the molecule is C=CC.Cc1ccc(Cc2ccc(-c3ccc(Cc4ccc(-n5c6ccncc6c6cnccc65)cc4)cc3)cc2)cc1. The van der Waals surface area contributed by atoms with Gasteiger partial charge in [-0.15, -0.1) is 6.58 Å². The van der Waals surface area contributed by atoms with Crippen LogP contribution < -0.4 is 0 Å². The van der Waals surface area contributed by atoms with Gasteiger partial charge in [0.15, 0.2) is 0 Å². The molecule has 0 spiro atoms. The van der Waals surface area contributed by atoms with Crippen LogP contribution in [0.4, 0.5) is 0 Å². The quantitative estimate of drug-likeness (QED) is 0.191. The van der Waals surface area contributed by atoms with E-state index < -0.39 is 0 Å². The molecule has 7 aromatic rings. The van der Waals surface area contributed by atoms with Crippen LogP contribution in [0.15, 0.2) is 147 Å². The molecule has 0 aliphatic rings. The first kappa shape index (κ1) is 27.9. The molecule has 0 aliphatic carbocycles. The van der Waals surface area contributed by atoms with E-state index in [0.29, 0.717) is 0 Å². The first-order chi connectivity index (χ1) is 21.1. The van der Waals surface area contributed by atoms with Gasteiger partial charge in [0, 0.05) is 41.2 Å². The zero-order valence-electron chi connectivity index (χ0n) is 24.7. The van der Waals surface area contributed by atoms with Gasteiger partial charge in [0.1, 0.15) is 0 Å². The molecule has 3 nitrogen and oxygen atoms in total. The smallest absolute Gasteiger partial charge is 0.0572 e. The highest BCUT2D eigenvalue weighted by Crippen LogP contribution is 2.31. The number of allylic oxidation sites excluding steroid dienone is 1. The molecule has 0 unspecified atom stereocenters. The van der Waals surface area contributed by atoms with Crippen molar-refractivity contribution in [3.8, 4) is 16.8 Å². The second-order valence-electron chi connectivity index (χ2n) is 10.9. The lowest BCUT2D eigenvalue weighted by atomic mass is 9.98. The Morgan fingerprint density at radius 3 is 1.35 bits per heavy atom. The lowest BCUT2D eigenvalue weighted by molar-refractivity contribution is 1.14. The number of nitrogens with zero attached hydrogens (tertiary/aromatic N) is 3. The Balaban J connectivity index is 0.00000105.